The summed E-state index contributed by atoms with van der Waals surface area (Å²) in [5.41, 5.74) is 6.20. The second kappa shape index (κ2) is 6.04. The Hall–Kier alpha value is -2.74. The van der Waals surface area contributed by atoms with Crippen LogP contribution in [-0.4, -0.2) is 32.9 Å². The molecular weight excluding hydrogens is 320 g/mol. The van der Waals surface area contributed by atoms with E-state index in [0.717, 1.165) is 12.1 Å². The number of carbonyl (C=O) groups excluding carboxylic acids is 2. The van der Waals surface area contributed by atoms with E-state index < -0.39 is 30.1 Å². The number of halogens is 2. The molecular formula is C16H15F2N3O3. The van der Waals surface area contributed by atoms with Gasteiger partial charge in [-0.3, -0.25) is 9.59 Å². The summed E-state index contributed by atoms with van der Waals surface area (Å²) in [5.74, 6) is -3.05. The summed E-state index contributed by atoms with van der Waals surface area (Å²) >= 11 is 0. The van der Waals surface area contributed by atoms with E-state index in [-0.39, 0.29) is 23.4 Å². The minimum absolute atomic E-state index is 0.0952. The van der Waals surface area contributed by atoms with E-state index in [0.29, 0.717) is 18.7 Å². The highest BCUT2D eigenvalue weighted by atomic mass is 19.2. The number of hydrogen-bond donors (Lipinski definition) is 2. The first-order valence-electron chi connectivity index (χ1n) is 7.28. The molecule has 1 aliphatic rings. The molecule has 24 heavy (non-hydrogen) atoms. The molecule has 0 radical (unpaired) electrons. The molecule has 3 rings (SSSR count). The predicted molar refractivity (Wildman–Crippen MR) is 80.0 cm³/mol. The van der Waals surface area contributed by atoms with Gasteiger partial charge in [0.2, 0.25) is 0 Å². The van der Waals surface area contributed by atoms with Gasteiger partial charge in [-0.25, -0.2) is 8.78 Å². The summed E-state index contributed by atoms with van der Waals surface area (Å²) in [6.07, 6.45) is 1.45. The van der Waals surface area contributed by atoms with Crippen molar-refractivity contribution in [2.24, 2.45) is 5.73 Å². The highest BCUT2D eigenvalue weighted by Gasteiger charge is 2.30. The van der Waals surface area contributed by atoms with Crippen LogP contribution in [0.5, 0.6) is 0 Å². The number of hydrogen-bond acceptors (Lipinski definition) is 3. The molecule has 2 aromatic rings. The monoisotopic (exact) mass is 335 g/mol. The van der Waals surface area contributed by atoms with Crippen molar-refractivity contribution in [1.82, 2.24) is 9.47 Å². The molecule has 0 spiro atoms. The SMILES string of the molecule is NC(=O)c1cn2c(c1CO)C(=O)N(Cc1ccc(F)c(F)c1)CC2. The van der Waals surface area contributed by atoms with Crippen molar-refractivity contribution in [1.29, 1.82) is 0 Å². The summed E-state index contributed by atoms with van der Waals surface area (Å²) in [6, 6.07) is 3.45. The Kier molecular flexibility index (Phi) is 4.06. The lowest BCUT2D eigenvalue weighted by Gasteiger charge is -2.29. The number of amides is 2. The first kappa shape index (κ1) is 16.1. The van der Waals surface area contributed by atoms with Gasteiger partial charge in [0, 0.05) is 31.4 Å². The predicted octanol–water partition coefficient (Wildman–Crippen LogP) is 1.01. The van der Waals surface area contributed by atoms with Gasteiger partial charge in [0.05, 0.1) is 12.2 Å². The molecule has 0 bridgehead atoms. The Morgan fingerprint density at radius 3 is 2.62 bits per heavy atom. The third-order valence-electron chi connectivity index (χ3n) is 4.06. The Morgan fingerprint density at radius 1 is 1.25 bits per heavy atom. The van der Waals surface area contributed by atoms with Gasteiger partial charge >= 0.3 is 0 Å². The molecule has 8 heteroatoms. The first-order valence-corrected chi connectivity index (χ1v) is 7.28. The Bertz CT molecular complexity index is 832. The molecule has 126 valence electrons. The van der Waals surface area contributed by atoms with Gasteiger partial charge in [-0.1, -0.05) is 6.07 Å². The molecule has 0 atom stereocenters. The van der Waals surface area contributed by atoms with Gasteiger partial charge in [0.25, 0.3) is 11.8 Å². The lowest BCUT2D eigenvalue weighted by Crippen LogP contribution is -2.40. The highest BCUT2D eigenvalue weighted by Crippen LogP contribution is 2.24. The second-order valence-corrected chi connectivity index (χ2v) is 5.56. The van der Waals surface area contributed by atoms with Crippen LogP contribution in [0.4, 0.5) is 8.78 Å². The maximum atomic E-state index is 13.3. The number of fused-ring (bicyclic) bond motifs is 1. The van der Waals surface area contributed by atoms with Gasteiger partial charge in [-0.15, -0.1) is 0 Å². The average molecular weight is 335 g/mol. The molecule has 1 aromatic heterocycles. The van der Waals surface area contributed by atoms with Crippen LogP contribution < -0.4 is 5.73 Å². The summed E-state index contributed by atoms with van der Waals surface area (Å²) in [7, 11) is 0. The molecule has 2 amide bonds. The van der Waals surface area contributed by atoms with Gasteiger partial charge in [0.15, 0.2) is 11.6 Å². The molecule has 2 heterocycles. The van der Waals surface area contributed by atoms with Crippen molar-refractivity contribution in [2.45, 2.75) is 19.7 Å². The lowest BCUT2D eigenvalue weighted by molar-refractivity contribution is 0.0686. The van der Waals surface area contributed by atoms with Gasteiger partial charge < -0.3 is 20.3 Å². The van der Waals surface area contributed by atoms with Crippen molar-refractivity contribution in [3.05, 3.63) is 58.4 Å². The normalized spacial score (nSPS) is 14.0. The Labute approximate surface area is 136 Å². The fourth-order valence-corrected chi connectivity index (χ4v) is 2.89. The van der Waals surface area contributed by atoms with Crippen LogP contribution in [0.1, 0.15) is 32.0 Å². The molecule has 0 unspecified atom stereocenters. The number of aliphatic hydroxyl groups excluding tert-OH is 1. The quantitative estimate of drug-likeness (QED) is 0.874. The van der Waals surface area contributed by atoms with Crippen molar-refractivity contribution in [2.75, 3.05) is 6.54 Å². The molecule has 0 saturated heterocycles. The maximum Gasteiger partial charge on any atom is 0.271 e. The van der Waals surface area contributed by atoms with Crippen LogP contribution in [0.2, 0.25) is 0 Å². The fourth-order valence-electron chi connectivity index (χ4n) is 2.89. The second-order valence-electron chi connectivity index (χ2n) is 5.56. The third-order valence-corrected chi connectivity index (χ3v) is 4.06. The van der Waals surface area contributed by atoms with E-state index in [1.54, 1.807) is 4.57 Å². The smallest absolute Gasteiger partial charge is 0.271 e. The van der Waals surface area contributed by atoms with E-state index in [2.05, 4.69) is 0 Å². The molecule has 0 aliphatic carbocycles. The summed E-state index contributed by atoms with van der Waals surface area (Å²) in [6.45, 7) is 0.344. The number of aliphatic hydroxyl groups is 1. The van der Waals surface area contributed by atoms with Crippen LogP contribution in [-0.2, 0) is 19.7 Å². The number of rotatable bonds is 4. The minimum atomic E-state index is -0.979. The van der Waals surface area contributed by atoms with E-state index in [1.807, 2.05) is 0 Å². The van der Waals surface area contributed by atoms with Crippen molar-refractivity contribution < 1.29 is 23.5 Å². The zero-order valence-corrected chi connectivity index (χ0v) is 12.6. The molecule has 0 saturated carbocycles. The number of primary amides is 1. The van der Waals surface area contributed by atoms with E-state index in [9.17, 15) is 23.5 Å². The van der Waals surface area contributed by atoms with Crippen LogP contribution >= 0.6 is 0 Å². The summed E-state index contributed by atoms with van der Waals surface area (Å²) in [4.78, 5) is 25.6. The zero-order valence-electron chi connectivity index (χ0n) is 12.6. The average Bonchev–Trinajstić information content (AvgIpc) is 2.93. The van der Waals surface area contributed by atoms with E-state index in [1.165, 1.54) is 17.2 Å². The zero-order chi connectivity index (χ0) is 17.4. The van der Waals surface area contributed by atoms with Gasteiger partial charge in [0.1, 0.15) is 5.69 Å². The van der Waals surface area contributed by atoms with Crippen molar-refractivity contribution in [3.63, 3.8) is 0 Å². The highest BCUT2D eigenvalue weighted by molar-refractivity contribution is 6.01. The van der Waals surface area contributed by atoms with Crippen LogP contribution in [0.3, 0.4) is 0 Å². The molecule has 3 N–H and O–H groups in total. The molecule has 1 aromatic carbocycles. The van der Waals surface area contributed by atoms with Crippen LogP contribution in [0, 0.1) is 11.6 Å². The van der Waals surface area contributed by atoms with Gasteiger partial charge in [-0.2, -0.15) is 0 Å². The fraction of sp³-hybridized carbons (Fsp3) is 0.250. The van der Waals surface area contributed by atoms with E-state index in [4.69, 9.17) is 5.73 Å². The largest absolute Gasteiger partial charge is 0.392 e. The third kappa shape index (κ3) is 2.65. The lowest BCUT2D eigenvalue weighted by atomic mass is 10.1. The first-order chi connectivity index (χ1) is 11.4. The van der Waals surface area contributed by atoms with Gasteiger partial charge in [-0.05, 0) is 17.7 Å². The summed E-state index contributed by atoms with van der Waals surface area (Å²) in [5, 5.41) is 9.49. The molecule has 1 aliphatic heterocycles. The van der Waals surface area contributed by atoms with Crippen molar-refractivity contribution in [3.8, 4) is 0 Å². The number of nitrogens with two attached hydrogens (primary N) is 1. The Balaban J connectivity index is 1.91. The van der Waals surface area contributed by atoms with E-state index >= 15 is 0 Å². The Morgan fingerprint density at radius 2 is 2.00 bits per heavy atom. The minimum Gasteiger partial charge on any atom is -0.392 e. The van der Waals surface area contributed by atoms with Crippen molar-refractivity contribution >= 4 is 11.8 Å². The number of aromatic nitrogens is 1. The standard InChI is InChI=1S/C16H15F2N3O3/c17-12-2-1-9(5-13(12)18)6-21-4-3-20-7-10(15(19)23)11(8-22)14(20)16(21)24/h1-2,5,7,22H,3-4,6,8H2,(H2,19,23). The molecule has 0 fully saturated rings. The van der Waals surface area contributed by atoms with Crippen LogP contribution in [0.25, 0.3) is 0 Å². The number of carbonyl (C=O) groups is 2. The number of nitrogens with zero attached hydrogens (tertiary/aromatic N) is 2. The molecule has 6 nitrogen and oxygen atoms in total. The van der Waals surface area contributed by atoms with Crippen LogP contribution in [0.15, 0.2) is 24.4 Å². The topological polar surface area (TPSA) is 88.6 Å². The maximum absolute atomic E-state index is 13.3. The number of benzene rings is 1. The summed E-state index contributed by atoms with van der Waals surface area (Å²) < 4.78 is 27.9.